The van der Waals surface area contributed by atoms with Crippen LogP contribution < -0.4 is 15.4 Å². The third-order valence-electron chi connectivity index (χ3n) is 3.43. The number of benzene rings is 2. The fourth-order valence-corrected chi connectivity index (χ4v) is 2.23. The lowest BCUT2D eigenvalue weighted by Gasteiger charge is -2.17. The van der Waals surface area contributed by atoms with E-state index in [1.165, 1.54) is 13.2 Å². The molecule has 2 aromatic rings. The van der Waals surface area contributed by atoms with Crippen LogP contribution in [0.4, 0.5) is 20.2 Å². The van der Waals surface area contributed by atoms with Crippen LogP contribution in [0.2, 0.25) is 5.02 Å². The van der Waals surface area contributed by atoms with Crippen LogP contribution in [-0.4, -0.2) is 19.1 Å². The Morgan fingerprint density at radius 3 is 2.54 bits per heavy atom. The van der Waals surface area contributed by atoms with Crippen LogP contribution in [0.25, 0.3) is 0 Å². The largest absolute Gasteiger partial charge is 0.495 e. The first-order valence-corrected chi connectivity index (χ1v) is 7.56. The van der Waals surface area contributed by atoms with Crippen molar-refractivity contribution in [1.29, 1.82) is 0 Å². The molecule has 1 atom stereocenters. The molecule has 0 aliphatic carbocycles. The normalized spacial score (nSPS) is 11.8. The highest BCUT2D eigenvalue weighted by atomic mass is 35.5. The second kappa shape index (κ2) is 7.49. The number of hydrogen-bond donors (Lipinski definition) is 2. The topological polar surface area (TPSA) is 50.4 Å². The van der Waals surface area contributed by atoms with Crippen molar-refractivity contribution >= 4 is 28.9 Å². The van der Waals surface area contributed by atoms with Gasteiger partial charge in [-0.05, 0) is 37.6 Å². The summed E-state index contributed by atoms with van der Waals surface area (Å²) in [6.07, 6.45) is 0. The molecule has 0 bridgehead atoms. The van der Waals surface area contributed by atoms with E-state index in [2.05, 4.69) is 10.6 Å². The molecule has 24 heavy (non-hydrogen) atoms. The van der Waals surface area contributed by atoms with Crippen molar-refractivity contribution in [3.8, 4) is 5.75 Å². The molecule has 0 saturated carbocycles. The van der Waals surface area contributed by atoms with Crippen LogP contribution >= 0.6 is 11.6 Å². The SMILES string of the molecule is COc1cc(Cl)c(C)cc1NC(=O)C(C)Nc1ccc(F)c(F)c1. The van der Waals surface area contributed by atoms with E-state index >= 15 is 0 Å². The van der Waals surface area contributed by atoms with Gasteiger partial charge in [0.2, 0.25) is 5.91 Å². The maximum Gasteiger partial charge on any atom is 0.246 e. The zero-order valence-electron chi connectivity index (χ0n) is 13.4. The van der Waals surface area contributed by atoms with Crippen molar-refractivity contribution in [1.82, 2.24) is 0 Å². The lowest BCUT2D eigenvalue weighted by molar-refractivity contribution is -0.116. The van der Waals surface area contributed by atoms with Gasteiger partial charge in [0.1, 0.15) is 11.8 Å². The van der Waals surface area contributed by atoms with Crippen molar-refractivity contribution < 1.29 is 18.3 Å². The van der Waals surface area contributed by atoms with E-state index in [-0.39, 0.29) is 5.91 Å². The average Bonchev–Trinajstić information content (AvgIpc) is 2.54. The molecule has 2 aromatic carbocycles. The Balaban J connectivity index is 2.11. The quantitative estimate of drug-likeness (QED) is 0.838. The number of amides is 1. The van der Waals surface area contributed by atoms with E-state index < -0.39 is 17.7 Å². The fourth-order valence-electron chi connectivity index (χ4n) is 2.07. The first kappa shape index (κ1) is 18.0. The average molecular weight is 355 g/mol. The van der Waals surface area contributed by atoms with Crippen molar-refractivity contribution in [2.24, 2.45) is 0 Å². The van der Waals surface area contributed by atoms with Gasteiger partial charge in [0.15, 0.2) is 11.6 Å². The molecule has 1 amide bonds. The third kappa shape index (κ3) is 4.14. The molecule has 0 radical (unpaired) electrons. The molecule has 0 heterocycles. The molecule has 4 nitrogen and oxygen atoms in total. The van der Waals surface area contributed by atoms with Gasteiger partial charge in [-0.15, -0.1) is 0 Å². The number of nitrogens with one attached hydrogen (secondary N) is 2. The molecule has 2 rings (SSSR count). The third-order valence-corrected chi connectivity index (χ3v) is 3.84. The molecule has 0 aliphatic heterocycles. The molecular weight excluding hydrogens is 338 g/mol. The van der Waals surface area contributed by atoms with Gasteiger partial charge in [0.05, 0.1) is 12.8 Å². The summed E-state index contributed by atoms with van der Waals surface area (Å²) in [7, 11) is 1.47. The van der Waals surface area contributed by atoms with Gasteiger partial charge in [0.25, 0.3) is 0 Å². The number of methoxy groups -OCH3 is 1. The zero-order valence-corrected chi connectivity index (χ0v) is 14.2. The Labute approximate surface area is 143 Å². The summed E-state index contributed by atoms with van der Waals surface area (Å²) < 4.78 is 31.3. The monoisotopic (exact) mass is 354 g/mol. The summed E-state index contributed by atoms with van der Waals surface area (Å²) in [6.45, 7) is 3.41. The minimum Gasteiger partial charge on any atom is -0.495 e. The molecular formula is C17H17ClF2N2O2. The second-order valence-corrected chi connectivity index (χ2v) is 5.69. The van der Waals surface area contributed by atoms with Gasteiger partial charge in [-0.1, -0.05) is 11.6 Å². The molecule has 1 unspecified atom stereocenters. The summed E-state index contributed by atoms with van der Waals surface area (Å²) in [4.78, 5) is 12.3. The second-order valence-electron chi connectivity index (χ2n) is 5.29. The molecule has 7 heteroatoms. The van der Waals surface area contributed by atoms with Crippen LogP contribution in [0, 0.1) is 18.6 Å². The maximum atomic E-state index is 13.2. The summed E-state index contributed by atoms with van der Waals surface area (Å²) >= 11 is 6.03. The lowest BCUT2D eigenvalue weighted by Crippen LogP contribution is -2.32. The van der Waals surface area contributed by atoms with E-state index in [0.717, 1.165) is 17.7 Å². The summed E-state index contributed by atoms with van der Waals surface area (Å²) in [5.74, 6) is -1.86. The highest BCUT2D eigenvalue weighted by Crippen LogP contribution is 2.31. The smallest absolute Gasteiger partial charge is 0.246 e. The number of carbonyl (C=O) groups is 1. The Kier molecular flexibility index (Phi) is 5.62. The van der Waals surface area contributed by atoms with Gasteiger partial charge < -0.3 is 15.4 Å². The molecule has 0 saturated heterocycles. The minimum atomic E-state index is -0.984. The molecule has 0 fully saturated rings. The van der Waals surface area contributed by atoms with Gasteiger partial charge >= 0.3 is 0 Å². The number of aryl methyl sites for hydroxylation is 1. The molecule has 128 valence electrons. The predicted octanol–water partition coefficient (Wildman–Crippen LogP) is 4.37. The molecule has 2 N–H and O–H groups in total. The van der Waals surface area contributed by atoms with E-state index in [9.17, 15) is 13.6 Å². The fraction of sp³-hybridized carbons (Fsp3) is 0.235. The highest BCUT2D eigenvalue weighted by molar-refractivity contribution is 6.31. The van der Waals surface area contributed by atoms with Crippen LogP contribution in [0.1, 0.15) is 12.5 Å². The molecule has 0 spiro atoms. The van der Waals surface area contributed by atoms with E-state index in [0.29, 0.717) is 22.1 Å². The standard InChI is InChI=1S/C17H17ClF2N2O2/c1-9-6-15(16(24-3)8-12(9)18)22-17(23)10(2)21-11-4-5-13(19)14(20)7-11/h4-8,10,21H,1-3H3,(H,22,23). The first-order chi connectivity index (χ1) is 11.3. The van der Waals surface area contributed by atoms with Crippen molar-refractivity contribution in [2.75, 3.05) is 17.7 Å². The van der Waals surface area contributed by atoms with Crippen LogP contribution in [0.15, 0.2) is 30.3 Å². The Hall–Kier alpha value is -2.34. The summed E-state index contributed by atoms with van der Waals surface area (Å²) in [6, 6.07) is 5.97. The van der Waals surface area contributed by atoms with Gasteiger partial charge in [0, 0.05) is 22.8 Å². The van der Waals surface area contributed by atoms with E-state index in [1.54, 1.807) is 26.0 Å². The Morgan fingerprint density at radius 2 is 1.92 bits per heavy atom. The molecule has 0 aromatic heterocycles. The number of hydrogen-bond acceptors (Lipinski definition) is 3. The Morgan fingerprint density at radius 1 is 1.21 bits per heavy atom. The lowest BCUT2D eigenvalue weighted by atomic mass is 10.2. The number of ether oxygens (including phenoxy) is 1. The van der Waals surface area contributed by atoms with Gasteiger partial charge in [-0.3, -0.25) is 4.79 Å². The first-order valence-electron chi connectivity index (χ1n) is 7.18. The van der Waals surface area contributed by atoms with Crippen molar-refractivity contribution in [3.05, 3.63) is 52.6 Å². The van der Waals surface area contributed by atoms with E-state index in [1.807, 2.05) is 0 Å². The van der Waals surface area contributed by atoms with Crippen molar-refractivity contribution in [3.63, 3.8) is 0 Å². The predicted molar refractivity (Wildman–Crippen MR) is 90.8 cm³/mol. The van der Waals surface area contributed by atoms with Gasteiger partial charge in [-0.2, -0.15) is 0 Å². The van der Waals surface area contributed by atoms with Gasteiger partial charge in [-0.25, -0.2) is 8.78 Å². The van der Waals surface area contributed by atoms with Crippen LogP contribution in [-0.2, 0) is 4.79 Å². The number of anilines is 2. The Bertz CT molecular complexity index is 768. The minimum absolute atomic E-state index is 0.302. The highest BCUT2D eigenvalue weighted by Gasteiger charge is 2.16. The van der Waals surface area contributed by atoms with Crippen molar-refractivity contribution in [2.45, 2.75) is 19.9 Å². The number of halogens is 3. The summed E-state index contributed by atoms with van der Waals surface area (Å²) in [5.41, 5.74) is 1.56. The van der Waals surface area contributed by atoms with E-state index in [4.69, 9.17) is 16.3 Å². The maximum absolute atomic E-state index is 13.2. The number of rotatable bonds is 5. The van der Waals surface area contributed by atoms with Crippen LogP contribution in [0.3, 0.4) is 0 Å². The van der Waals surface area contributed by atoms with Crippen LogP contribution in [0.5, 0.6) is 5.75 Å². The summed E-state index contributed by atoms with van der Waals surface area (Å²) in [5, 5.41) is 6.06. The zero-order chi connectivity index (χ0) is 17.9. The molecule has 0 aliphatic rings. The number of carbonyl (C=O) groups excluding carboxylic acids is 1.